The van der Waals surface area contributed by atoms with Crippen molar-refractivity contribution >= 4 is 33.5 Å². The zero-order valence-electron chi connectivity index (χ0n) is 28.4. The number of carbonyl (C=O) groups is 2. The molecular weight excluding hydrogens is 614 g/mol. The van der Waals surface area contributed by atoms with Gasteiger partial charge in [0.1, 0.15) is 17.1 Å². The molecule has 0 bridgehead atoms. The molecule has 0 unspecified atom stereocenters. The molecule has 0 saturated heterocycles. The third-order valence-electron chi connectivity index (χ3n) is 9.26. The van der Waals surface area contributed by atoms with Gasteiger partial charge in [-0.15, -0.1) is 0 Å². The van der Waals surface area contributed by atoms with Crippen LogP contribution in [0.3, 0.4) is 0 Å². The van der Waals surface area contributed by atoms with Crippen molar-refractivity contribution in [3.63, 3.8) is 0 Å². The van der Waals surface area contributed by atoms with Crippen molar-refractivity contribution in [1.82, 2.24) is 15.0 Å². The molecule has 3 aromatic rings. The summed E-state index contributed by atoms with van der Waals surface area (Å²) in [6, 6.07) is 12.7. The Labute approximate surface area is 278 Å². The van der Waals surface area contributed by atoms with E-state index in [4.69, 9.17) is 9.52 Å². The SMILES string of the molecule is CCCCC1=NC2(CCCC2)C(=O)N1Cc1ccc(-c2ccccc2S(=O)(=O)Nc2noc(C)c2C)c(CN(C)C(=O)CC(C)C)c1. The first-order chi connectivity index (χ1) is 22.3. The van der Waals surface area contributed by atoms with Crippen molar-refractivity contribution in [3.05, 3.63) is 64.9 Å². The molecule has 2 amide bonds. The van der Waals surface area contributed by atoms with Crippen LogP contribution in [0.5, 0.6) is 0 Å². The van der Waals surface area contributed by atoms with E-state index in [1.165, 1.54) is 0 Å². The summed E-state index contributed by atoms with van der Waals surface area (Å²) in [5.74, 6) is 1.80. The van der Waals surface area contributed by atoms with Crippen LogP contribution in [-0.2, 0) is 32.7 Å². The fraction of sp³-hybridized carbons (Fsp3) is 0.500. The van der Waals surface area contributed by atoms with Gasteiger partial charge < -0.3 is 9.42 Å². The average molecular weight is 662 g/mol. The second-order valence-corrected chi connectivity index (χ2v) is 15.1. The van der Waals surface area contributed by atoms with E-state index in [2.05, 4.69) is 16.8 Å². The van der Waals surface area contributed by atoms with Crippen LogP contribution in [0.25, 0.3) is 11.1 Å². The Morgan fingerprint density at radius 3 is 2.49 bits per heavy atom. The van der Waals surface area contributed by atoms with Crippen LogP contribution in [-0.4, -0.2) is 53.6 Å². The van der Waals surface area contributed by atoms with E-state index < -0.39 is 15.6 Å². The molecule has 1 aliphatic carbocycles. The number of nitrogens with zero attached hydrogens (tertiary/aromatic N) is 4. The maximum Gasteiger partial charge on any atom is 0.263 e. The first kappa shape index (κ1) is 34.3. The van der Waals surface area contributed by atoms with E-state index in [9.17, 15) is 18.0 Å². The molecule has 5 rings (SSSR count). The highest BCUT2D eigenvalue weighted by Gasteiger charge is 2.49. The molecular formula is C36H47N5O5S. The van der Waals surface area contributed by atoms with Crippen LogP contribution in [0.15, 0.2) is 56.9 Å². The van der Waals surface area contributed by atoms with E-state index in [0.29, 0.717) is 35.4 Å². The van der Waals surface area contributed by atoms with Gasteiger partial charge in [-0.05, 0) is 61.8 Å². The Hall–Kier alpha value is -3.99. The average Bonchev–Trinajstić information content (AvgIpc) is 3.71. The first-order valence-electron chi connectivity index (χ1n) is 16.7. The number of unbranched alkanes of at least 4 members (excludes halogenated alkanes) is 1. The first-order valence-corrected chi connectivity index (χ1v) is 18.1. The predicted molar refractivity (Wildman–Crippen MR) is 183 cm³/mol. The van der Waals surface area contributed by atoms with Gasteiger partial charge in [-0.3, -0.25) is 24.2 Å². The summed E-state index contributed by atoms with van der Waals surface area (Å²) < 4.78 is 35.3. The maximum atomic E-state index is 13.9. The van der Waals surface area contributed by atoms with Gasteiger partial charge in [0.25, 0.3) is 15.9 Å². The monoisotopic (exact) mass is 661 g/mol. The van der Waals surface area contributed by atoms with Crippen LogP contribution < -0.4 is 4.72 Å². The number of sulfonamides is 1. The van der Waals surface area contributed by atoms with Crippen LogP contribution in [0.1, 0.15) is 94.6 Å². The molecule has 252 valence electrons. The van der Waals surface area contributed by atoms with Crippen molar-refractivity contribution in [3.8, 4) is 11.1 Å². The molecule has 0 atom stereocenters. The highest BCUT2D eigenvalue weighted by molar-refractivity contribution is 7.92. The lowest BCUT2D eigenvalue weighted by molar-refractivity contribution is -0.132. The molecule has 0 radical (unpaired) electrons. The number of hydrogen-bond donors (Lipinski definition) is 1. The van der Waals surface area contributed by atoms with E-state index >= 15 is 0 Å². The largest absolute Gasteiger partial charge is 0.359 e. The second kappa shape index (κ2) is 14.0. The number of aliphatic imine (C=N–C) groups is 1. The normalized spacial score (nSPS) is 15.9. The Balaban J connectivity index is 1.54. The van der Waals surface area contributed by atoms with Gasteiger partial charge in [0.15, 0.2) is 5.82 Å². The molecule has 1 N–H and O–H groups in total. The summed E-state index contributed by atoms with van der Waals surface area (Å²) in [6.45, 7) is 10.3. The number of aryl methyl sites for hydroxylation is 1. The molecule has 1 aromatic heterocycles. The minimum absolute atomic E-state index is 0.00249. The number of benzene rings is 2. The quantitative estimate of drug-likeness (QED) is 0.210. The molecule has 1 spiro atoms. The van der Waals surface area contributed by atoms with E-state index in [1.54, 1.807) is 50.1 Å². The van der Waals surface area contributed by atoms with Gasteiger partial charge in [0.05, 0.1) is 11.4 Å². The van der Waals surface area contributed by atoms with Crippen LogP contribution in [0.4, 0.5) is 5.82 Å². The molecule has 11 heteroatoms. The minimum Gasteiger partial charge on any atom is -0.359 e. The predicted octanol–water partition coefficient (Wildman–Crippen LogP) is 7.01. The summed E-state index contributed by atoms with van der Waals surface area (Å²) in [7, 11) is -2.30. The third-order valence-corrected chi connectivity index (χ3v) is 10.7. The molecule has 1 aliphatic heterocycles. The number of aromatic nitrogens is 1. The molecule has 2 aliphatic rings. The zero-order chi connectivity index (χ0) is 33.9. The molecule has 10 nitrogen and oxygen atoms in total. The second-order valence-electron chi connectivity index (χ2n) is 13.4. The lowest BCUT2D eigenvalue weighted by Crippen LogP contribution is -2.40. The number of nitrogens with one attached hydrogen (secondary N) is 1. The summed E-state index contributed by atoms with van der Waals surface area (Å²) in [6.07, 6.45) is 6.71. The number of hydrogen-bond acceptors (Lipinski definition) is 7. The van der Waals surface area contributed by atoms with Crippen molar-refractivity contribution in [2.24, 2.45) is 10.9 Å². The van der Waals surface area contributed by atoms with E-state index in [-0.39, 0.29) is 35.0 Å². The molecule has 1 fully saturated rings. The van der Waals surface area contributed by atoms with Crippen LogP contribution >= 0.6 is 0 Å². The number of rotatable bonds is 13. The van der Waals surface area contributed by atoms with E-state index in [1.807, 2.05) is 36.9 Å². The summed E-state index contributed by atoms with van der Waals surface area (Å²) in [4.78, 5) is 35.6. The van der Waals surface area contributed by atoms with Gasteiger partial charge in [0, 0.05) is 37.6 Å². The van der Waals surface area contributed by atoms with Gasteiger partial charge in [-0.25, -0.2) is 8.42 Å². The Morgan fingerprint density at radius 2 is 1.83 bits per heavy atom. The standard InChI is InChI=1S/C36H47N5O5S/c1-7-8-15-32-37-36(18-11-12-19-36)35(43)41(32)22-27-16-17-29(28(21-27)23-40(6)33(42)20-24(2)3)30-13-9-10-14-31(30)47(44,45)39-34-25(4)26(5)46-38-34/h9-10,13-14,16-17,21,24H,7-8,11-12,15,18-20,22-23H2,1-6H3,(H,38,39). The lowest BCUT2D eigenvalue weighted by atomic mass is 9.95. The highest BCUT2D eigenvalue weighted by Crippen LogP contribution is 2.40. The third kappa shape index (κ3) is 7.30. The van der Waals surface area contributed by atoms with Gasteiger partial charge >= 0.3 is 0 Å². The van der Waals surface area contributed by atoms with Gasteiger partial charge in [-0.1, -0.05) is 81.6 Å². The molecule has 1 saturated carbocycles. The van der Waals surface area contributed by atoms with Crippen molar-refractivity contribution in [2.45, 2.75) is 110 Å². The Morgan fingerprint density at radius 1 is 1.11 bits per heavy atom. The number of carbonyl (C=O) groups excluding carboxylic acids is 2. The number of amidine groups is 1. The molecule has 2 heterocycles. The van der Waals surface area contributed by atoms with Crippen LogP contribution in [0.2, 0.25) is 0 Å². The summed E-state index contributed by atoms with van der Waals surface area (Å²) in [5.41, 5.74) is 2.85. The Bertz CT molecular complexity index is 1770. The summed E-state index contributed by atoms with van der Waals surface area (Å²) in [5, 5.41) is 3.89. The van der Waals surface area contributed by atoms with Crippen molar-refractivity contribution in [2.75, 3.05) is 11.8 Å². The summed E-state index contributed by atoms with van der Waals surface area (Å²) >= 11 is 0. The minimum atomic E-state index is -4.07. The smallest absolute Gasteiger partial charge is 0.263 e. The number of amides is 2. The van der Waals surface area contributed by atoms with Crippen LogP contribution in [0, 0.1) is 19.8 Å². The molecule has 2 aromatic carbocycles. The topological polar surface area (TPSA) is 125 Å². The van der Waals surface area contributed by atoms with Crippen molar-refractivity contribution in [1.29, 1.82) is 0 Å². The number of anilines is 1. The lowest BCUT2D eigenvalue weighted by Gasteiger charge is -2.25. The van der Waals surface area contributed by atoms with Crippen molar-refractivity contribution < 1.29 is 22.5 Å². The van der Waals surface area contributed by atoms with Gasteiger partial charge in [0.2, 0.25) is 5.91 Å². The Kier molecular flexibility index (Phi) is 10.2. The maximum absolute atomic E-state index is 13.9. The molecule has 47 heavy (non-hydrogen) atoms. The van der Waals surface area contributed by atoms with E-state index in [0.717, 1.165) is 61.9 Å². The fourth-order valence-electron chi connectivity index (χ4n) is 6.49. The fourth-order valence-corrected chi connectivity index (χ4v) is 7.77. The van der Waals surface area contributed by atoms with Gasteiger partial charge in [-0.2, -0.15) is 0 Å². The highest BCUT2D eigenvalue weighted by atomic mass is 32.2. The zero-order valence-corrected chi connectivity index (χ0v) is 29.2.